The van der Waals surface area contributed by atoms with Crippen LogP contribution in [0, 0.1) is 11.3 Å². The van der Waals surface area contributed by atoms with E-state index in [2.05, 4.69) is 6.92 Å². The van der Waals surface area contributed by atoms with Crippen LogP contribution < -0.4 is 0 Å². The zero-order valence-corrected chi connectivity index (χ0v) is 5.22. The average molecular weight is 115 g/mol. The van der Waals surface area contributed by atoms with Crippen molar-refractivity contribution < 1.29 is 0 Å². The third-order valence-corrected chi connectivity index (χ3v) is 2.47. The zero-order chi connectivity index (χ0) is 5.28. The van der Waals surface area contributed by atoms with Crippen LogP contribution in [0.15, 0.2) is 0 Å². The number of nitrogens with one attached hydrogen (secondary N) is 1. The maximum Gasteiger partial charge on any atom is 0.0315 e. The molecule has 1 heterocycles. The molecule has 0 spiro atoms. The predicted molar refractivity (Wildman–Crippen MR) is 34.2 cm³/mol. The van der Waals surface area contributed by atoms with E-state index in [0.717, 1.165) is 11.5 Å². The van der Waals surface area contributed by atoms with E-state index in [1.165, 1.54) is 5.75 Å². The van der Waals surface area contributed by atoms with Crippen molar-refractivity contribution in [3.05, 3.63) is 0 Å². The summed E-state index contributed by atoms with van der Waals surface area (Å²) in [6, 6.07) is 0. The Kier molecular flexibility index (Phi) is 1.38. The second-order valence-electron chi connectivity index (χ2n) is 1.94. The highest BCUT2D eigenvalue weighted by Gasteiger charge is 2.15. The Morgan fingerprint density at radius 1 is 1.86 bits per heavy atom. The summed E-state index contributed by atoms with van der Waals surface area (Å²) < 4.78 is 0. The van der Waals surface area contributed by atoms with Gasteiger partial charge in [-0.3, -0.25) is 0 Å². The van der Waals surface area contributed by atoms with Crippen LogP contribution >= 0.6 is 11.8 Å². The van der Waals surface area contributed by atoms with Gasteiger partial charge >= 0.3 is 0 Å². The van der Waals surface area contributed by atoms with Gasteiger partial charge in [-0.15, -0.1) is 0 Å². The van der Waals surface area contributed by atoms with Crippen LogP contribution in [0.2, 0.25) is 0 Å². The topological polar surface area (TPSA) is 23.9 Å². The lowest BCUT2D eigenvalue weighted by Crippen LogP contribution is -2.03. The third-order valence-electron chi connectivity index (χ3n) is 1.22. The molecular weight excluding hydrogens is 106 g/mol. The molecule has 1 aliphatic rings. The molecule has 1 nitrogen and oxygen atoms in total. The molecule has 1 rings (SSSR count). The molecule has 0 saturated carbocycles. The number of thioether (sulfide) groups is 1. The minimum Gasteiger partial charge on any atom is -0.309 e. The van der Waals surface area contributed by atoms with Gasteiger partial charge in [-0.2, -0.15) is 11.8 Å². The Bertz CT molecular complexity index is 90.1. The van der Waals surface area contributed by atoms with Gasteiger partial charge in [-0.25, -0.2) is 0 Å². The van der Waals surface area contributed by atoms with Crippen molar-refractivity contribution in [3.63, 3.8) is 0 Å². The smallest absolute Gasteiger partial charge is 0.0315 e. The minimum atomic E-state index is 0.560. The first-order valence-electron chi connectivity index (χ1n) is 2.46. The van der Waals surface area contributed by atoms with Gasteiger partial charge in [0, 0.05) is 23.1 Å². The van der Waals surface area contributed by atoms with Gasteiger partial charge in [0.2, 0.25) is 0 Å². The highest BCUT2D eigenvalue weighted by molar-refractivity contribution is 8.00. The zero-order valence-electron chi connectivity index (χ0n) is 4.40. The first-order chi connectivity index (χ1) is 3.30. The first kappa shape index (κ1) is 5.16. The van der Waals surface area contributed by atoms with Crippen molar-refractivity contribution in [2.24, 2.45) is 5.92 Å². The summed E-state index contributed by atoms with van der Waals surface area (Å²) in [4.78, 5) is 0. The standard InChI is InChI=1S/C5H9NS/c1-4-2-7-3-5(4)6/h4,6H,2-3H2,1H3. The lowest BCUT2D eigenvalue weighted by atomic mass is 10.1. The minimum absolute atomic E-state index is 0.560. The van der Waals surface area contributed by atoms with E-state index in [0.29, 0.717) is 5.92 Å². The highest BCUT2D eigenvalue weighted by Crippen LogP contribution is 2.18. The summed E-state index contributed by atoms with van der Waals surface area (Å²) >= 11 is 1.87. The van der Waals surface area contributed by atoms with Gasteiger partial charge in [0.1, 0.15) is 0 Å². The van der Waals surface area contributed by atoms with E-state index in [-0.39, 0.29) is 0 Å². The van der Waals surface area contributed by atoms with E-state index in [1.807, 2.05) is 11.8 Å². The quantitative estimate of drug-likeness (QED) is 0.506. The third kappa shape index (κ3) is 0.969. The van der Waals surface area contributed by atoms with Crippen LogP contribution in [0.3, 0.4) is 0 Å². The van der Waals surface area contributed by atoms with Gasteiger partial charge in [-0.05, 0) is 0 Å². The molecule has 1 aliphatic heterocycles. The average Bonchev–Trinajstić information content (AvgIpc) is 1.91. The summed E-state index contributed by atoms with van der Waals surface area (Å²) in [5, 5.41) is 7.23. The van der Waals surface area contributed by atoms with Crippen molar-refractivity contribution in [2.45, 2.75) is 6.92 Å². The molecule has 1 unspecified atom stereocenters. The van der Waals surface area contributed by atoms with Crippen molar-refractivity contribution >= 4 is 17.5 Å². The Balaban J connectivity index is 2.48. The largest absolute Gasteiger partial charge is 0.309 e. The van der Waals surface area contributed by atoms with Crippen LogP contribution in [0.1, 0.15) is 6.92 Å². The molecule has 1 saturated heterocycles. The monoisotopic (exact) mass is 115 g/mol. The van der Waals surface area contributed by atoms with E-state index < -0.39 is 0 Å². The lowest BCUT2D eigenvalue weighted by molar-refractivity contribution is 0.906. The molecule has 0 radical (unpaired) electrons. The SMILES string of the molecule is CC1CSCC1=N. The molecule has 1 fully saturated rings. The predicted octanol–water partition coefficient (Wildman–Crippen LogP) is 1.39. The fourth-order valence-corrected chi connectivity index (χ4v) is 1.77. The number of hydrogen-bond acceptors (Lipinski definition) is 2. The van der Waals surface area contributed by atoms with Gasteiger partial charge in [-0.1, -0.05) is 6.92 Å². The normalized spacial score (nSPS) is 31.6. The molecule has 2 heteroatoms. The second-order valence-corrected chi connectivity index (χ2v) is 2.97. The summed E-state index contributed by atoms with van der Waals surface area (Å²) in [6.07, 6.45) is 0. The molecule has 0 aromatic heterocycles. The Morgan fingerprint density at radius 2 is 2.57 bits per heavy atom. The van der Waals surface area contributed by atoms with Crippen LogP contribution in [-0.2, 0) is 0 Å². The maximum atomic E-state index is 7.23. The lowest BCUT2D eigenvalue weighted by Gasteiger charge is -1.93. The fourth-order valence-electron chi connectivity index (χ4n) is 0.589. The number of rotatable bonds is 0. The molecule has 1 N–H and O–H groups in total. The van der Waals surface area contributed by atoms with E-state index in [4.69, 9.17) is 5.41 Å². The molecule has 0 amide bonds. The van der Waals surface area contributed by atoms with E-state index in [1.54, 1.807) is 0 Å². The van der Waals surface area contributed by atoms with Crippen molar-refractivity contribution in [1.29, 1.82) is 5.41 Å². The summed E-state index contributed by atoms with van der Waals surface area (Å²) in [7, 11) is 0. The number of hydrogen-bond donors (Lipinski definition) is 1. The van der Waals surface area contributed by atoms with Crippen molar-refractivity contribution in [1.82, 2.24) is 0 Å². The van der Waals surface area contributed by atoms with Crippen LogP contribution in [0.4, 0.5) is 0 Å². The van der Waals surface area contributed by atoms with Crippen LogP contribution in [-0.4, -0.2) is 17.2 Å². The molecule has 7 heavy (non-hydrogen) atoms. The second kappa shape index (κ2) is 1.86. The molecule has 0 aromatic rings. The van der Waals surface area contributed by atoms with Gasteiger partial charge in [0.25, 0.3) is 0 Å². The molecular formula is C5H9NS. The summed E-state index contributed by atoms with van der Waals surface area (Å²) in [5.41, 5.74) is 0.921. The van der Waals surface area contributed by atoms with Gasteiger partial charge in [0.05, 0.1) is 0 Å². The molecule has 40 valence electrons. The highest BCUT2D eigenvalue weighted by atomic mass is 32.2. The first-order valence-corrected chi connectivity index (χ1v) is 3.61. The van der Waals surface area contributed by atoms with Gasteiger partial charge in [0.15, 0.2) is 0 Å². The fraction of sp³-hybridized carbons (Fsp3) is 0.800. The van der Waals surface area contributed by atoms with E-state index in [9.17, 15) is 0 Å². The Hall–Kier alpha value is 0.0200. The van der Waals surface area contributed by atoms with Crippen LogP contribution in [0.25, 0.3) is 0 Å². The molecule has 0 aromatic carbocycles. The van der Waals surface area contributed by atoms with Gasteiger partial charge < -0.3 is 5.41 Å². The van der Waals surface area contributed by atoms with E-state index >= 15 is 0 Å². The molecule has 0 bridgehead atoms. The Morgan fingerprint density at radius 3 is 2.71 bits per heavy atom. The summed E-state index contributed by atoms with van der Waals surface area (Å²) in [5.74, 6) is 2.70. The molecule has 0 aliphatic carbocycles. The van der Waals surface area contributed by atoms with Crippen LogP contribution in [0.5, 0.6) is 0 Å². The molecule has 1 atom stereocenters. The van der Waals surface area contributed by atoms with Crippen molar-refractivity contribution in [3.8, 4) is 0 Å². The Labute approximate surface area is 48.0 Å². The summed E-state index contributed by atoms with van der Waals surface area (Å²) in [6.45, 7) is 2.11. The maximum absolute atomic E-state index is 7.23. The van der Waals surface area contributed by atoms with Crippen molar-refractivity contribution in [2.75, 3.05) is 11.5 Å².